The lowest BCUT2D eigenvalue weighted by molar-refractivity contribution is -0.127. The monoisotopic (exact) mass is 532 g/mol. The first-order valence-electron chi connectivity index (χ1n) is 11.9. The fourth-order valence-electron chi connectivity index (χ4n) is 4.42. The zero-order chi connectivity index (χ0) is 25.7. The Bertz CT molecular complexity index is 1190. The van der Waals surface area contributed by atoms with Crippen molar-refractivity contribution in [3.63, 3.8) is 0 Å². The molecule has 0 radical (unpaired) electrons. The second-order valence-corrected chi connectivity index (χ2v) is 9.61. The van der Waals surface area contributed by atoms with Crippen LogP contribution in [0.25, 0.3) is 11.4 Å². The Morgan fingerprint density at radius 1 is 1.14 bits per heavy atom. The van der Waals surface area contributed by atoms with Crippen molar-refractivity contribution in [2.24, 2.45) is 5.92 Å². The molecule has 0 saturated carbocycles. The first-order chi connectivity index (χ1) is 17.4. The van der Waals surface area contributed by atoms with Gasteiger partial charge in [0, 0.05) is 16.5 Å². The first-order valence-corrected chi connectivity index (χ1v) is 12.7. The number of aromatic nitrogens is 2. The maximum absolute atomic E-state index is 13.1. The standard InChI is InChI=1S/C26H30Cl2N4O4/c1-4-21(17-5-8-22(34-2)23(13-17)35-3)29-26(33)16-9-11-32(12-10-16)15-24-30-25(31-36-24)19-7-6-18(27)14-20(19)28/h5-8,13-14,16,21H,4,9-12,15H2,1-3H3,(H,29,33). The van der Waals surface area contributed by atoms with E-state index in [1.54, 1.807) is 32.4 Å². The van der Waals surface area contributed by atoms with E-state index in [4.69, 9.17) is 37.2 Å². The molecule has 4 rings (SSSR count). The average molecular weight is 533 g/mol. The number of halogens is 2. The molecule has 0 aliphatic carbocycles. The van der Waals surface area contributed by atoms with E-state index in [1.165, 1.54) is 0 Å². The van der Waals surface area contributed by atoms with Gasteiger partial charge in [-0.3, -0.25) is 9.69 Å². The summed E-state index contributed by atoms with van der Waals surface area (Å²) in [6.45, 7) is 4.12. The summed E-state index contributed by atoms with van der Waals surface area (Å²) in [5.41, 5.74) is 1.67. The van der Waals surface area contributed by atoms with Crippen LogP contribution in [-0.2, 0) is 11.3 Å². The maximum Gasteiger partial charge on any atom is 0.241 e. The van der Waals surface area contributed by atoms with Gasteiger partial charge < -0.3 is 19.3 Å². The molecule has 0 spiro atoms. The van der Waals surface area contributed by atoms with Crippen LogP contribution >= 0.6 is 23.2 Å². The number of benzene rings is 2. The molecule has 10 heteroatoms. The molecule has 1 unspecified atom stereocenters. The summed E-state index contributed by atoms with van der Waals surface area (Å²) < 4.78 is 16.2. The highest BCUT2D eigenvalue weighted by atomic mass is 35.5. The van der Waals surface area contributed by atoms with Crippen molar-refractivity contribution in [1.29, 1.82) is 0 Å². The van der Waals surface area contributed by atoms with Crippen molar-refractivity contribution in [3.05, 3.63) is 57.9 Å². The quantitative estimate of drug-likeness (QED) is 0.386. The summed E-state index contributed by atoms with van der Waals surface area (Å²) in [6.07, 6.45) is 2.30. The van der Waals surface area contributed by atoms with Crippen LogP contribution < -0.4 is 14.8 Å². The number of methoxy groups -OCH3 is 2. The van der Waals surface area contributed by atoms with Crippen LogP contribution in [-0.4, -0.2) is 48.3 Å². The van der Waals surface area contributed by atoms with Crippen LogP contribution in [0.4, 0.5) is 0 Å². The Balaban J connectivity index is 1.31. The highest BCUT2D eigenvalue weighted by Crippen LogP contribution is 2.32. The van der Waals surface area contributed by atoms with Gasteiger partial charge in [0.1, 0.15) is 0 Å². The number of hydrogen-bond donors (Lipinski definition) is 1. The minimum absolute atomic E-state index is 0.0402. The summed E-state index contributed by atoms with van der Waals surface area (Å²) in [4.78, 5) is 19.8. The van der Waals surface area contributed by atoms with E-state index in [1.807, 2.05) is 18.2 Å². The third-order valence-corrected chi connectivity index (χ3v) is 7.04. The van der Waals surface area contributed by atoms with Gasteiger partial charge in [0.15, 0.2) is 11.5 Å². The van der Waals surface area contributed by atoms with Gasteiger partial charge in [-0.05, 0) is 68.2 Å². The zero-order valence-electron chi connectivity index (χ0n) is 20.6. The van der Waals surface area contributed by atoms with Gasteiger partial charge in [-0.2, -0.15) is 4.98 Å². The van der Waals surface area contributed by atoms with E-state index < -0.39 is 0 Å². The van der Waals surface area contributed by atoms with Crippen LogP contribution in [0.3, 0.4) is 0 Å². The predicted molar refractivity (Wildman–Crippen MR) is 138 cm³/mol. The van der Waals surface area contributed by atoms with E-state index in [0.717, 1.165) is 37.9 Å². The van der Waals surface area contributed by atoms with Crippen molar-refractivity contribution >= 4 is 29.1 Å². The molecule has 1 fully saturated rings. The zero-order valence-corrected chi connectivity index (χ0v) is 22.1. The van der Waals surface area contributed by atoms with Crippen LogP contribution in [0.1, 0.15) is 43.7 Å². The molecule has 0 bridgehead atoms. The van der Waals surface area contributed by atoms with E-state index in [9.17, 15) is 4.79 Å². The Morgan fingerprint density at radius 3 is 2.56 bits per heavy atom. The van der Waals surface area contributed by atoms with Crippen LogP contribution in [0.15, 0.2) is 40.9 Å². The lowest BCUT2D eigenvalue weighted by Crippen LogP contribution is -2.41. The lowest BCUT2D eigenvalue weighted by atomic mass is 9.94. The van der Waals surface area contributed by atoms with Gasteiger partial charge in [-0.15, -0.1) is 0 Å². The van der Waals surface area contributed by atoms with E-state index >= 15 is 0 Å². The van der Waals surface area contributed by atoms with Crippen LogP contribution in [0.5, 0.6) is 11.5 Å². The third kappa shape index (κ3) is 6.11. The molecule has 1 saturated heterocycles. The summed E-state index contributed by atoms with van der Waals surface area (Å²) >= 11 is 12.2. The van der Waals surface area contributed by atoms with Crippen molar-refractivity contribution in [1.82, 2.24) is 20.4 Å². The summed E-state index contributed by atoms with van der Waals surface area (Å²) in [5.74, 6) is 2.30. The molecular weight excluding hydrogens is 503 g/mol. The molecule has 36 heavy (non-hydrogen) atoms. The second kappa shape index (κ2) is 12.0. The number of amides is 1. The Kier molecular flexibility index (Phi) is 8.72. The van der Waals surface area contributed by atoms with Crippen LogP contribution in [0, 0.1) is 5.92 Å². The number of carbonyl (C=O) groups excluding carboxylic acids is 1. The maximum atomic E-state index is 13.1. The van der Waals surface area contributed by atoms with E-state index in [0.29, 0.717) is 45.4 Å². The fraction of sp³-hybridized carbons (Fsp3) is 0.423. The number of nitrogens with zero attached hydrogens (tertiary/aromatic N) is 3. The summed E-state index contributed by atoms with van der Waals surface area (Å²) in [5, 5.41) is 8.30. The van der Waals surface area contributed by atoms with Crippen molar-refractivity contribution < 1.29 is 18.8 Å². The largest absolute Gasteiger partial charge is 0.493 e. The summed E-state index contributed by atoms with van der Waals surface area (Å²) in [6, 6.07) is 10.8. The lowest BCUT2D eigenvalue weighted by Gasteiger charge is -2.31. The number of hydrogen-bond acceptors (Lipinski definition) is 7. The second-order valence-electron chi connectivity index (χ2n) is 8.77. The smallest absolute Gasteiger partial charge is 0.241 e. The molecule has 1 aliphatic rings. The van der Waals surface area contributed by atoms with E-state index in [2.05, 4.69) is 27.3 Å². The van der Waals surface area contributed by atoms with Crippen molar-refractivity contribution in [2.45, 2.75) is 38.8 Å². The molecule has 3 aromatic rings. The Labute approximate surface area is 220 Å². The van der Waals surface area contributed by atoms with Gasteiger partial charge >= 0.3 is 0 Å². The highest BCUT2D eigenvalue weighted by molar-refractivity contribution is 6.36. The minimum Gasteiger partial charge on any atom is -0.493 e. The number of nitrogens with one attached hydrogen (secondary N) is 1. The molecule has 2 heterocycles. The minimum atomic E-state index is -0.0909. The molecular formula is C26H30Cl2N4O4. The number of likely N-dealkylation sites (tertiary alicyclic amines) is 1. The SMILES string of the molecule is CCC(NC(=O)C1CCN(Cc2nc(-c3ccc(Cl)cc3Cl)no2)CC1)c1ccc(OC)c(OC)c1. The number of carbonyl (C=O) groups is 1. The van der Waals surface area contributed by atoms with Crippen LogP contribution in [0.2, 0.25) is 10.0 Å². The highest BCUT2D eigenvalue weighted by Gasteiger charge is 2.28. The normalized spacial score (nSPS) is 15.5. The molecule has 1 aromatic heterocycles. The van der Waals surface area contributed by atoms with Crippen molar-refractivity contribution in [2.75, 3.05) is 27.3 Å². The number of rotatable bonds is 9. The average Bonchev–Trinajstić information content (AvgIpc) is 3.35. The predicted octanol–water partition coefficient (Wildman–Crippen LogP) is 5.54. The van der Waals surface area contributed by atoms with Gasteiger partial charge in [-0.25, -0.2) is 0 Å². The fourth-order valence-corrected chi connectivity index (χ4v) is 4.92. The topological polar surface area (TPSA) is 89.7 Å². The third-order valence-electron chi connectivity index (χ3n) is 6.49. The van der Waals surface area contributed by atoms with E-state index in [-0.39, 0.29) is 17.9 Å². The van der Waals surface area contributed by atoms with Crippen molar-refractivity contribution in [3.8, 4) is 22.9 Å². The number of piperidine rings is 1. The summed E-state index contributed by atoms with van der Waals surface area (Å²) in [7, 11) is 3.21. The molecule has 1 atom stereocenters. The molecule has 192 valence electrons. The molecule has 1 amide bonds. The number of ether oxygens (including phenoxy) is 2. The van der Waals surface area contributed by atoms with Gasteiger partial charge in [0.05, 0.1) is 31.8 Å². The van der Waals surface area contributed by atoms with Gasteiger partial charge in [0.25, 0.3) is 0 Å². The Hall–Kier alpha value is -2.81. The Morgan fingerprint density at radius 2 is 1.89 bits per heavy atom. The molecule has 8 nitrogen and oxygen atoms in total. The molecule has 2 aromatic carbocycles. The van der Waals surface area contributed by atoms with Gasteiger partial charge in [0.2, 0.25) is 17.6 Å². The molecule has 1 N–H and O–H groups in total. The van der Waals surface area contributed by atoms with Gasteiger partial charge in [-0.1, -0.05) is 41.3 Å². The molecule has 1 aliphatic heterocycles. The first kappa shape index (κ1) is 26.3.